The molecular weight excluding hydrogens is 278 g/mol. The average molecular weight is 301 g/mol. The predicted octanol–water partition coefficient (Wildman–Crippen LogP) is 2.05. The number of nitrogens with one attached hydrogen (secondary N) is 1. The molecule has 2 amide bonds. The van der Waals surface area contributed by atoms with Gasteiger partial charge in [-0.25, -0.2) is 14.8 Å². The summed E-state index contributed by atoms with van der Waals surface area (Å²) in [7, 11) is 0. The minimum absolute atomic E-state index is 0.0261. The zero-order chi connectivity index (χ0) is 15.1. The summed E-state index contributed by atoms with van der Waals surface area (Å²) in [5, 5.41) is 2.95. The maximum absolute atomic E-state index is 12.5. The molecular formula is C16H23N5O. The van der Waals surface area contributed by atoms with Crippen LogP contribution in [0.15, 0.2) is 12.4 Å². The maximum atomic E-state index is 12.5. The van der Waals surface area contributed by atoms with Gasteiger partial charge < -0.3 is 10.2 Å². The Morgan fingerprint density at radius 1 is 1.23 bits per heavy atom. The normalized spacial score (nSPS) is 28.5. The summed E-state index contributed by atoms with van der Waals surface area (Å²) in [6, 6.07) is 0.762. The van der Waals surface area contributed by atoms with Crippen molar-refractivity contribution in [3.05, 3.63) is 18.2 Å². The number of aromatic nitrogens is 2. The van der Waals surface area contributed by atoms with Crippen molar-refractivity contribution in [2.75, 3.05) is 25.0 Å². The van der Waals surface area contributed by atoms with E-state index in [4.69, 9.17) is 0 Å². The predicted molar refractivity (Wildman–Crippen MR) is 83.8 cm³/mol. The second-order valence-electron chi connectivity index (χ2n) is 6.83. The van der Waals surface area contributed by atoms with Gasteiger partial charge in [0.15, 0.2) is 0 Å². The highest BCUT2D eigenvalue weighted by molar-refractivity contribution is 5.89. The van der Waals surface area contributed by atoms with Crippen molar-refractivity contribution < 1.29 is 4.79 Å². The number of fused-ring (bicyclic) bond motifs is 1. The van der Waals surface area contributed by atoms with Gasteiger partial charge in [-0.1, -0.05) is 0 Å². The van der Waals surface area contributed by atoms with Crippen molar-refractivity contribution in [2.24, 2.45) is 0 Å². The minimum Gasteiger partial charge on any atom is -0.319 e. The molecule has 3 aliphatic rings. The number of amides is 2. The van der Waals surface area contributed by atoms with Crippen LogP contribution in [0, 0.1) is 0 Å². The van der Waals surface area contributed by atoms with Gasteiger partial charge >= 0.3 is 6.03 Å². The Kier molecular flexibility index (Phi) is 3.48. The fourth-order valence-electron chi connectivity index (χ4n) is 3.62. The number of anilines is 1. The number of hydrogen-bond donors (Lipinski definition) is 1. The van der Waals surface area contributed by atoms with Crippen molar-refractivity contribution in [2.45, 2.75) is 50.6 Å². The van der Waals surface area contributed by atoms with E-state index >= 15 is 0 Å². The van der Waals surface area contributed by atoms with Gasteiger partial charge in [0, 0.05) is 31.1 Å². The molecule has 2 aliphatic heterocycles. The molecule has 22 heavy (non-hydrogen) atoms. The molecule has 3 fully saturated rings. The summed E-state index contributed by atoms with van der Waals surface area (Å²) in [6.07, 6.45) is 8.30. The Morgan fingerprint density at radius 3 is 2.73 bits per heavy atom. The third-order valence-corrected chi connectivity index (χ3v) is 5.06. The van der Waals surface area contributed by atoms with Crippen LogP contribution >= 0.6 is 0 Å². The van der Waals surface area contributed by atoms with Gasteiger partial charge in [0.05, 0.1) is 18.1 Å². The fourth-order valence-corrected chi connectivity index (χ4v) is 3.62. The number of carbonyl (C=O) groups is 1. The molecule has 0 radical (unpaired) electrons. The highest BCUT2D eigenvalue weighted by Crippen LogP contribution is 2.37. The Morgan fingerprint density at radius 2 is 2.00 bits per heavy atom. The molecule has 0 bridgehead atoms. The van der Waals surface area contributed by atoms with Crippen LogP contribution in [0.5, 0.6) is 0 Å². The molecule has 1 aromatic heterocycles. The first kappa shape index (κ1) is 13.9. The molecule has 2 atom stereocenters. The number of rotatable bonds is 2. The topological polar surface area (TPSA) is 61.4 Å². The average Bonchev–Trinajstić information content (AvgIpc) is 3.26. The Balaban J connectivity index is 1.40. The largest absolute Gasteiger partial charge is 0.322 e. The lowest BCUT2D eigenvalue weighted by Gasteiger charge is -2.42. The number of urea groups is 1. The summed E-state index contributed by atoms with van der Waals surface area (Å²) in [5.41, 5.74) is 0.690. The zero-order valence-electron chi connectivity index (χ0n) is 13.0. The van der Waals surface area contributed by atoms with E-state index in [0.717, 1.165) is 18.9 Å². The van der Waals surface area contributed by atoms with Gasteiger partial charge in [0.25, 0.3) is 0 Å². The van der Waals surface area contributed by atoms with Crippen LogP contribution in [0.3, 0.4) is 0 Å². The minimum atomic E-state index is -0.0261. The number of carbonyl (C=O) groups excluding carboxylic acids is 1. The summed E-state index contributed by atoms with van der Waals surface area (Å²) < 4.78 is 0. The number of nitrogens with zero attached hydrogens (tertiary/aromatic N) is 4. The van der Waals surface area contributed by atoms with E-state index in [1.807, 2.05) is 4.90 Å². The van der Waals surface area contributed by atoms with Crippen LogP contribution in [0.1, 0.15) is 44.3 Å². The van der Waals surface area contributed by atoms with E-state index in [0.29, 0.717) is 17.6 Å². The Labute approximate surface area is 130 Å². The molecule has 6 nitrogen and oxygen atoms in total. The molecule has 0 unspecified atom stereocenters. The van der Waals surface area contributed by atoms with E-state index in [-0.39, 0.29) is 12.1 Å². The first-order chi connectivity index (χ1) is 10.7. The first-order valence-electron chi connectivity index (χ1n) is 8.34. The van der Waals surface area contributed by atoms with Crippen molar-refractivity contribution in [1.82, 2.24) is 19.8 Å². The smallest absolute Gasteiger partial charge is 0.319 e. The molecule has 1 N–H and O–H groups in total. The summed E-state index contributed by atoms with van der Waals surface area (Å²) >= 11 is 0. The highest BCUT2D eigenvalue weighted by atomic mass is 16.2. The quantitative estimate of drug-likeness (QED) is 0.908. The summed E-state index contributed by atoms with van der Waals surface area (Å²) in [6.45, 7) is 5.12. The third kappa shape index (κ3) is 2.67. The van der Waals surface area contributed by atoms with Crippen LogP contribution in [-0.4, -0.2) is 57.5 Å². The lowest BCUT2D eigenvalue weighted by Crippen LogP contribution is -2.57. The second-order valence-corrected chi connectivity index (χ2v) is 6.83. The van der Waals surface area contributed by atoms with Gasteiger partial charge in [0.1, 0.15) is 5.82 Å². The van der Waals surface area contributed by atoms with Gasteiger partial charge in [-0.3, -0.25) is 4.90 Å². The molecule has 1 saturated carbocycles. The maximum Gasteiger partial charge on any atom is 0.322 e. The van der Waals surface area contributed by atoms with Crippen molar-refractivity contribution in [3.63, 3.8) is 0 Å². The second kappa shape index (κ2) is 5.50. The number of piperazine rings is 1. The lowest BCUT2D eigenvalue weighted by atomic mass is 10.1. The van der Waals surface area contributed by atoms with Crippen LogP contribution in [0.2, 0.25) is 0 Å². The lowest BCUT2D eigenvalue weighted by molar-refractivity contribution is 0.0861. The molecule has 3 heterocycles. The van der Waals surface area contributed by atoms with Crippen LogP contribution < -0.4 is 5.32 Å². The van der Waals surface area contributed by atoms with Crippen LogP contribution in [0.4, 0.5) is 10.5 Å². The standard InChI is InChI=1S/C16H23N5O/c1-11-9-20-6-2-3-14(20)10-21(11)16(22)19-13-7-17-15(18-8-13)12-4-5-12/h7-8,11-12,14H,2-6,9-10H2,1H3,(H,19,22)/t11-,14-/m1/s1. The van der Waals surface area contributed by atoms with E-state index in [9.17, 15) is 4.79 Å². The molecule has 1 aromatic rings. The fraction of sp³-hybridized carbons (Fsp3) is 0.688. The summed E-state index contributed by atoms with van der Waals surface area (Å²) in [4.78, 5) is 25.7. The van der Waals surface area contributed by atoms with Gasteiger partial charge in [-0.05, 0) is 39.2 Å². The van der Waals surface area contributed by atoms with Gasteiger partial charge in [0.2, 0.25) is 0 Å². The molecule has 6 heteroatoms. The SMILES string of the molecule is C[C@@H]1CN2CCC[C@@H]2CN1C(=O)Nc1cnc(C2CC2)nc1. The zero-order valence-corrected chi connectivity index (χ0v) is 13.0. The van der Waals surface area contributed by atoms with Gasteiger partial charge in [-0.2, -0.15) is 0 Å². The molecule has 0 spiro atoms. The molecule has 0 aromatic carbocycles. The first-order valence-corrected chi connectivity index (χ1v) is 8.34. The Hall–Kier alpha value is -1.69. The van der Waals surface area contributed by atoms with Crippen molar-refractivity contribution in [3.8, 4) is 0 Å². The monoisotopic (exact) mass is 301 g/mol. The van der Waals surface area contributed by atoms with Crippen molar-refractivity contribution in [1.29, 1.82) is 0 Å². The van der Waals surface area contributed by atoms with Crippen molar-refractivity contribution >= 4 is 11.7 Å². The highest BCUT2D eigenvalue weighted by Gasteiger charge is 2.36. The van der Waals surface area contributed by atoms with E-state index in [1.54, 1.807) is 12.4 Å². The third-order valence-electron chi connectivity index (χ3n) is 5.06. The summed E-state index contributed by atoms with van der Waals surface area (Å²) in [5.74, 6) is 1.45. The molecule has 2 saturated heterocycles. The van der Waals surface area contributed by atoms with E-state index < -0.39 is 0 Å². The number of hydrogen-bond acceptors (Lipinski definition) is 4. The molecule has 4 rings (SSSR count). The van der Waals surface area contributed by atoms with E-state index in [2.05, 4.69) is 27.1 Å². The molecule has 1 aliphatic carbocycles. The van der Waals surface area contributed by atoms with Crippen LogP contribution in [-0.2, 0) is 0 Å². The van der Waals surface area contributed by atoms with E-state index in [1.165, 1.54) is 32.2 Å². The Bertz CT molecular complexity index is 556. The molecule has 118 valence electrons. The van der Waals surface area contributed by atoms with Crippen LogP contribution in [0.25, 0.3) is 0 Å². The van der Waals surface area contributed by atoms with Gasteiger partial charge in [-0.15, -0.1) is 0 Å².